The van der Waals surface area contributed by atoms with Gasteiger partial charge in [0.25, 0.3) is 0 Å². The number of benzene rings is 1. The lowest BCUT2D eigenvalue weighted by Gasteiger charge is -2.25. The molecule has 0 bridgehead atoms. The first kappa shape index (κ1) is 17.6. The zero-order valence-electron chi connectivity index (χ0n) is 14.7. The summed E-state index contributed by atoms with van der Waals surface area (Å²) in [6, 6.07) is 5.93. The average Bonchev–Trinajstić information content (AvgIpc) is 2.99. The largest absolute Gasteiger partial charge is 0.354 e. The van der Waals surface area contributed by atoms with Crippen LogP contribution in [0.4, 0.5) is 10.8 Å². The van der Waals surface area contributed by atoms with E-state index in [1.54, 1.807) is 11.8 Å². The van der Waals surface area contributed by atoms with E-state index in [0.29, 0.717) is 24.8 Å². The van der Waals surface area contributed by atoms with Gasteiger partial charge in [0.15, 0.2) is 5.13 Å². The van der Waals surface area contributed by atoms with Crippen LogP contribution in [0.25, 0.3) is 0 Å². The van der Waals surface area contributed by atoms with E-state index in [1.807, 2.05) is 37.4 Å². The lowest BCUT2D eigenvalue weighted by molar-refractivity contribution is -0.124. The van der Waals surface area contributed by atoms with Gasteiger partial charge in [0.1, 0.15) is 0 Å². The number of piperazine rings is 1. The number of hydrogen-bond donors (Lipinski definition) is 1. The molecule has 0 atom stereocenters. The number of anilines is 2. The highest BCUT2D eigenvalue weighted by Gasteiger charge is 2.22. The van der Waals surface area contributed by atoms with Gasteiger partial charge in [-0.15, -0.1) is 11.3 Å². The van der Waals surface area contributed by atoms with Gasteiger partial charge in [-0.05, 0) is 31.0 Å². The molecule has 1 N–H and O–H groups in total. The Morgan fingerprint density at radius 3 is 2.92 bits per heavy atom. The summed E-state index contributed by atoms with van der Waals surface area (Å²) >= 11 is 1.45. The van der Waals surface area contributed by atoms with Crippen LogP contribution in [0.15, 0.2) is 23.6 Å². The van der Waals surface area contributed by atoms with Crippen LogP contribution in [0.1, 0.15) is 23.7 Å². The molecule has 6 nitrogen and oxygen atoms in total. The number of nitrogens with one attached hydrogen (secondary N) is 1. The van der Waals surface area contributed by atoms with Crippen LogP contribution in [0.5, 0.6) is 0 Å². The van der Waals surface area contributed by atoms with E-state index in [-0.39, 0.29) is 11.8 Å². The molecule has 7 heteroatoms. The molecule has 1 saturated heterocycles. The molecule has 25 heavy (non-hydrogen) atoms. The van der Waals surface area contributed by atoms with Crippen LogP contribution in [0.3, 0.4) is 0 Å². The molecule has 0 unspecified atom stereocenters. The summed E-state index contributed by atoms with van der Waals surface area (Å²) in [5.74, 6) is -0.0191. The fourth-order valence-electron chi connectivity index (χ4n) is 2.91. The smallest absolute Gasteiger partial charge is 0.234 e. The molecule has 0 saturated carbocycles. The topological polar surface area (TPSA) is 65.5 Å². The third kappa shape index (κ3) is 3.88. The molecule has 1 aliphatic heterocycles. The second-order valence-electron chi connectivity index (χ2n) is 6.26. The van der Waals surface area contributed by atoms with Crippen molar-refractivity contribution >= 4 is 34.0 Å². The summed E-state index contributed by atoms with van der Waals surface area (Å²) in [5, 5.41) is 5.44. The summed E-state index contributed by atoms with van der Waals surface area (Å²) in [7, 11) is 0. The number of thiazole rings is 1. The Labute approximate surface area is 151 Å². The van der Waals surface area contributed by atoms with E-state index >= 15 is 0 Å². The summed E-state index contributed by atoms with van der Waals surface area (Å²) in [6.45, 7) is 8.08. The van der Waals surface area contributed by atoms with Crippen molar-refractivity contribution in [3.05, 3.63) is 40.4 Å². The van der Waals surface area contributed by atoms with Crippen LogP contribution in [0.2, 0.25) is 0 Å². The predicted octanol–water partition coefficient (Wildman–Crippen LogP) is 2.38. The van der Waals surface area contributed by atoms with Crippen molar-refractivity contribution in [3.8, 4) is 0 Å². The normalized spacial score (nSPS) is 15.1. The highest BCUT2D eigenvalue weighted by molar-refractivity contribution is 7.14. The van der Waals surface area contributed by atoms with E-state index < -0.39 is 0 Å². The summed E-state index contributed by atoms with van der Waals surface area (Å²) in [4.78, 5) is 32.2. The third-order valence-corrected chi connectivity index (χ3v) is 5.24. The Kier molecular flexibility index (Phi) is 5.15. The number of hydrogen-bond acceptors (Lipinski definition) is 5. The number of carbonyl (C=O) groups is 2. The zero-order valence-corrected chi connectivity index (χ0v) is 15.5. The molecule has 132 valence electrons. The number of carbonyl (C=O) groups excluding carboxylic acids is 2. The Morgan fingerprint density at radius 2 is 2.20 bits per heavy atom. The van der Waals surface area contributed by atoms with Gasteiger partial charge in [0.05, 0.1) is 17.9 Å². The van der Waals surface area contributed by atoms with Gasteiger partial charge in [-0.1, -0.05) is 12.1 Å². The molecular weight excluding hydrogens is 336 g/mol. The highest BCUT2D eigenvalue weighted by Crippen LogP contribution is 2.32. The quantitative estimate of drug-likeness (QED) is 0.911. The van der Waals surface area contributed by atoms with Gasteiger partial charge < -0.3 is 5.32 Å². The molecule has 1 fully saturated rings. The average molecular weight is 358 g/mol. The highest BCUT2D eigenvalue weighted by atomic mass is 32.1. The first-order valence-corrected chi connectivity index (χ1v) is 9.14. The molecule has 2 aromatic rings. The van der Waals surface area contributed by atoms with Crippen molar-refractivity contribution in [2.24, 2.45) is 0 Å². The Bertz CT molecular complexity index is 802. The van der Waals surface area contributed by atoms with E-state index in [1.165, 1.54) is 11.3 Å². The van der Waals surface area contributed by atoms with Gasteiger partial charge in [0.2, 0.25) is 11.8 Å². The minimum Gasteiger partial charge on any atom is -0.354 e. The second-order valence-corrected chi connectivity index (χ2v) is 7.09. The Hall–Kier alpha value is -2.25. The number of aryl methyl sites for hydroxylation is 1. The molecule has 0 spiro atoms. The van der Waals surface area contributed by atoms with Crippen molar-refractivity contribution in [1.29, 1.82) is 0 Å². The minimum atomic E-state index is -0.0630. The molecule has 0 radical (unpaired) electrons. The third-order valence-electron chi connectivity index (χ3n) is 4.37. The van der Waals surface area contributed by atoms with Crippen LogP contribution >= 0.6 is 11.3 Å². The summed E-state index contributed by atoms with van der Waals surface area (Å²) in [6.07, 6.45) is 0. The lowest BCUT2D eigenvalue weighted by Crippen LogP contribution is -2.47. The van der Waals surface area contributed by atoms with E-state index in [0.717, 1.165) is 29.1 Å². The minimum absolute atomic E-state index is 0.0439. The van der Waals surface area contributed by atoms with Crippen LogP contribution < -0.4 is 10.2 Å². The zero-order chi connectivity index (χ0) is 18.0. The van der Waals surface area contributed by atoms with Crippen LogP contribution in [-0.2, 0) is 16.1 Å². The van der Waals surface area contributed by atoms with Crippen molar-refractivity contribution in [1.82, 2.24) is 15.2 Å². The maximum Gasteiger partial charge on any atom is 0.234 e. The Morgan fingerprint density at radius 1 is 1.40 bits per heavy atom. The van der Waals surface area contributed by atoms with Gasteiger partial charge in [-0.25, -0.2) is 4.98 Å². The second kappa shape index (κ2) is 7.33. The predicted molar refractivity (Wildman–Crippen MR) is 99.1 cm³/mol. The number of amides is 2. The molecule has 2 heterocycles. The maximum absolute atomic E-state index is 12.3. The monoisotopic (exact) mass is 358 g/mol. The summed E-state index contributed by atoms with van der Waals surface area (Å²) in [5.41, 5.74) is 3.96. The van der Waals surface area contributed by atoms with Gasteiger partial charge in [-0.2, -0.15) is 0 Å². The maximum atomic E-state index is 12.3. The molecule has 0 aliphatic carbocycles. The molecular formula is C18H22N4O2S. The lowest BCUT2D eigenvalue weighted by atomic mass is 10.1. The van der Waals surface area contributed by atoms with E-state index in [2.05, 4.69) is 15.2 Å². The van der Waals surface area contributed by atoms with E-state index in [9.17, 15) is 9.59 Å². The molecule has 1 aliphatic rings. The summed E-state index contributed by atoms with van der Waals surface area (Å²) < 4.78 is 0. The first-order valence-electron chi connectivity index (χ1n) is 8.26. The van der Waals surface area contributed by atoms with Crippen molar-refractivity contribution in [3.63, 3.8) is 0 Å². The fraction of sp³-hybridized carbons (Fsp3) is 0.389. The molecule has 3 rings (SSSR count). The number of rotatable bonds is 4. The van der Waals surface area contributed by atoms with Crippen LogP contribution in [0, 0.1) is 13.8 Å². The van der Waals surface area contributed by atoms with Gasteiger partial charge in [0, 0.05) is 31.9 Å². The fourth-order valence-corrected chi connectivity index (χ4v) is 3.78. The van der Waals surface area contributed by atoms with Crippen LogP contribution in [-0.4, -0.2) is 41.3 Å². The number of aromatic nitrogens is 1. The van der Waals surface area contributed by atoms with Crippen molar-refractivity contribution < 1.29 is 9.59 Å². The molecule has 2 amide bonds. The SMILES string of the molecule is CC(=O)N(c1nc(CN2CCNC(=O)C2)cs1)c1cccc(C)c1C. The number of nitrogens with zero attached hydrogens (tertiary/aromatic N) is 3. The Balaban J connectivity index is 1.84. The van der Waals surface area contributed by atoms with E-state index in [4.69, 9.17) is 0 Å². The van der Waals surface area contributed by atoms with Crippen molar-refractivity contribution in [2.45, 2.75) is 27.3 Å². The first-order chi connectivity index (χ1) is 12.0. The van der Waals surface area contributed by atoms with Gasteiger partial charge >= 0.3 is 0 Å². The molecule has 1 aromatic heterocycles. The van der Waals surface area contributed by atoms with Gasteiger partial charge in [-0.3, -0.25) is 19.4 Å². The molecule has 1 aromatic carbocycles. The van der Waals surface area contributed by atoms with Crippen molar-refractivity contribution in [2.75, 3.05) is 24.5 Å². The standard InChI is InChI=1S/C18H22N4O2S/c1-12-5-4-6-16(13(12)2)22(14(3)23)18-20-15(11-25-18)9-21-8-7-19-17(24)10-21/h4-6,11H,7-10H2,1-3H3,(H,19,24).